The van der Waals surface area contributed by atoms with Crippen molar-refractivity contribution in [2.24, 2.45) is 0 Å². The van der Waals surface area contributed by atoms with Gasteiger partial charge in [0.2, 0.25) is 0 Å². The van der Waals surface area contributed by atoms with Gasteiger partial charge in [0.1, 0.15) is 17.2 Å². The van der Waals surface area contributed by atoms with E-state index in [-0.39, 0.29) is 6.61 Å². The average Bonchev–Trinajstić information content (AvgIpc) is 2.50. The molecule has 2 aromatic carbocycles. The number of carbonyl (C=O) groups excluding carboxylic acids is 1. The molecular formula is C17H17BrO4. The quantitative estimate of drug-likeness (QED) is 0.570. The molecule has 5 heteroatoms. The number of rotatable bonds is 6. The van der Waals surface area contributed by atoms with Gasteiger partial charge in [0.15, 0.2) is 6.61 Å². The van der Waals surface area contributed by atoms with E-state index in [2.05, 4.69) is 15.9 Å². The van der Waals surface area contributed by atoms with Gasteiger partial charge in [-0.2, -0.15) is 0 Å². The predicted octanol–water partition coefficient (Wildman–Crippen LogP) is 4.14. The van der Waals surface area contributed by atoms with Crippen molar-refractivity contribution >= 4 is 21.9 Å². The normalized spacial score (nSPS) is 10.1. The molecule has 0 aliphatic carbocycles. The topological polar surface area (TPSA) is 44.8 Å². The fraction of sp³-hybridized carbons (Fsp3) is 0.235. The average molecular weight is 365 g/mol. The first-order chi connectivity index (χ1) is 10.6. The Morgan fingerprint density at radius 2 is 1.68 bits per heavy atom. The van der Waals surface area contributed by atoms with E-state index >= 15 is 0 Å². The second kappa shape index (κ2) is 7.84. The number of benzene rings is 2. The highest BCUT2D eigenvalue weighted by Crippen LogP contribution is 2.26. The first-order valence-corrected chi connectivity index (χ1v) is 7.70. The zero-order valence-electron chi connectivity index (χ0n) is 12.5. The van der Waals surface area contributed by atoms with Crippen LogP contribution in [0.2, 0.25) is 0 Å². The van der Waals surface area contributed by atoms with Crippen LogP contribution in [0, 0.1) is 6.92 Å². The maximum atomic E-state index is 11.8. The molecule has 0 saturated carbocycles. The Bertz CT molecular complexity index is 638. The van der Waals surface area contributed by atoms with E-state index < -0.39 is 5.97 Å². The minimum Gasteiger partial charge on any atom is -0.494 e. The summed E-state index contributed by atoms with van der Waals surface area (Å²) in [6.45, 7) is 4.33. The second-order valence-corrected chi connectivity index (χ2v) is 5.46. The van der Waals surface area contributed by atoms with Gasteiger partial charge in [-0.1, -0.05) is 6.07 Å². The molecule has 0 N–H and O–H groups in total. The maximum absolute atomic E-state index is 11.8. The van der Waals surface area contributed by atoms with Crippen LogP contribution in [0.5, 0.6) is 17.2 Å². The first-order valence-electron chi connectivity index (χ1n) is 6.91. The lowest BCUT2D eigenvalue weighted by atomic mass is 10.2. The summed E-state index contributed by atoms with van der Waals surface area (Å²) < 4.78 is 16.7. The summed E-state index contributed by atoms with van der Waals surface area (Å²) in [5, 5.41) is 0. The van der Waals surface area contributed by atoms with Crippen LogP contribution in [-0.2, 0) is 4.79 Å². The van der Waals surface area contributed by atoms with E-state index in [0.29, 0.717) is 18.1 Å². The molecule has 22 heavy (non-hydrogen) atoms. The Morgan fingerprint density at radius 1 is 1.05 bits per heavy atom. The van der Waals surface area contributed by atoms with Gasteiger partial charge in [0, 0.05) is 0 Å². The second-order valence-electron chi connectivity index (χ2n) is 4.60. The van der Waals surface area contributed by atoms with Crippen molar-refractivity contribution in [2.75, 3.05) is 13.2 Å². The molecule has 0 radical (unpaired) electrons. The van der Waals surface area contributed by atoms with Gasteiger partial charge >= 0.3 is 5.97 Å². The molecular weight excluding hydrogens is 348 g/mol. The van der Waals surface area contributed by atoms with Crippen molar-refractivity contribution in [3.8, 4) is 17.2 Å². The molecule has 0 fully saturated rings. The third-order valence-electron chi connectivity index (χ3n) is 2.80. The number of halogens is 1. The Hall–Kier alpha value is -2.01. The standard InChI is InChI=1S/C17H17BrO4/c1-3-20-13-5-7-14(8-6-13)21-11-17(19)22-16-9-4-12(2)10-15(16)18/h4-10H,3,11H2,1-2H3. The van der Waals surface area contributed by atoms with Crippen LogP contribution in [0.15, 0.2) is 46.9 Å². The van der Waals surface area contributed by atoms with Gasteiger partial charge in [-0.3, -0.25) is 0 Å². The minimum atomic E-state index is -0.460. The summed E-state index contributed by atoms with van der Waals surface area (Å²) in [7, 11) is 0. The first kappa shape index (κ1) is 16.4. The molecule has 0 aromatic heterocycles. The maximum Gasteiger partial charge on any atom is 0.349 e. The SMILES string of the molecule is CCOc1ccc(OCC(=O)Oc2ccc(C)cc2Br)cc1. The zero-order chi connectivity index (χ0) is 15.9. The number of hydrogen-bond acceptors (Lipinski definition) is 4. The summed E-state index contributed by atoms with van der Waals surface area (Å²) >= 11 is 3.36. The predicted molar refractivity (Wildman–Crippen MR) is 87.6 cm³/mol. The number of ether oxygens (including phenoxy) is 3. The van der Waals surface area contributed by atoms with Crippen LogP contribution in [0.3, 0.4) is 0 Å². The van der Waals surface area contributed by atoms with E-state index in [1.165, 1.54) is 0 Å². The summed E-state index contributed by atoms with van der Waals surface area (Å²) in [5.74, 6) is 1.37. The van der Waals surface area contributed by atoms with Crippen LogP contribution in [0.4, 0.5) is 0 Å². The number of esters is 1. The van der Waals surface area contributed by atoms with E-state index in [1.807, 2.05) is 26.0 Å². The van der Waals surface area contributed by atoms with Crippen LogP contribution >= 0.6 is 15.9 Å². The van der Waals surface area contributed by atoms with Gasteiger partial charge in [-0.15, -0.1) is 0 Å². The molecule has 0 amide bonds. The van der Waals surface area contributed by atoms with Crippen molar-refractivity contribution < 1.29 is 19.0 Å². The molecule has 0 saturated heterocycles. The van der Waals surface area contributed by atoms with Crippen LogP contribution in [0.25, 0.3) is 0 Å². The van der Waals surface area contributed by atoms with Crippen LogP contribution < -0.4 is 14.2 Å². The third kappa shape index (κ3) is 4.77. The molecule has 2 rings (SSSR count). The summed E-state index contributed by atoms with van der Waals surface area (Å²) in [4.78, 5) is 11.8. The lowest BCUT2D eigenvalue weighted by molar-refractivity contribution is -0.136. The molecule has 116 valence electrons. The van der Waals surface area contributed by atoms with E-state index in [4.69, 9.17) is 14.2 Å². The number of hydrogen-bond donors (Lipinski definition) is 0. The Labute approximate surface area is 138 Å². The van der Waals surface area contributed by atoms with Crippen molar-refractivity contribution in [3.63, 3.8) is 0 Å². The lowest BCUT2D eigenvalue weighted by Crippen LogP contribution is -2.17. The molecule has 0 aliphatic rings. The van der Waals surface area contributed by atoms with Crippen molar-refractivity contribution in [2.45, 2.75) is 13.8 Å². The van der Waals surface area contributed by atoms with Gasteiger partial charge < -0.3 is 14.2 Å². The van der Waals surface area contributed by atoms with E-state index in [0.717, 1.165) is 15.8 Å². The molecule has 0 unspecified atom stereocenters. The van der Waals surface area contributed by atoms with E-state index in [9.17, 15) is 4.79 Å². The Kier molecular flexibility index (Phi) is 5.83. The van der Waals surface area contributed by atoms with Gasteiger partial charge in [-0.05, 0) is 71.7 Å². The van der Waals surface area contributed by atoms with Gasteiger partial charge in [-0.25, -0.2) is 4.79 Å². The smallest absolute Gasteiger partial charge is 0.349 e. The van der Waals surface area contributed by atoms with Crippen molar-refractivity contribution in [3.05, 3.63) is 52.5 Å². The largest absolute Gasteiger partial charge is 0.494 e. The summed E-state index contributed by atoms with van der Waals surface area (Å²) in [5.41, 5.74) is 1.08. The highest BCUT2D eigenvalue weighted by atomic mass is 79.9. The molecule has 0 atom stereocenters. The van der Waals surface area contributed by atoms with Crippen molar-refractivity contribution in [1.29, 1.82) is 0 Å². The Balaban J connectivity index is 1.87. The van der Waals surface area contributed by atoms with E-state index in [1.54, 1.807) is 30.3 Å². The molecule has 2 aromatic rings. The summed E-state index contributed by atoms with van der Waals surface area (Å²) in [6, 6.07) is 12.6. The van der Waals surface area contributed by atoms with Gasteiger partial charge in [0.25, 0.3) is 0 Å². The minimum absolute atomic E-state index is 0.158. The highest BCUT2D eigenvalue weighted by Gasteiger charge is 2.09. The molecule has 0 bridgehead atoms. The lowest BCUT2D eigenvalue weighted by Gasteiger charge is -2.09. The third-order valence-corrected chi connectivity index (χ3v) is 3.42. The molecule has 0 heterocycles. The number of carbonyl (C=O) groups is 1. The van der Waals surface area contributed by atoms with Crippen LogP contribution in [0.1, 0.15) is 12.5 Å². The number of aryl methyl sites for hydroxylation is 1. The zero-order valence-corrected chi connectivity index (χ0v) is 14.1. The monoisotopic (exact) mass is 364 g/mol. The van der Waals surface area contributed by atoms with Crippen molar-refractivity contribution in [1.82, 2.24) is 0 Å². The fourth-order valence-electron chi connectivity index (χ4n) is 1.78. The van der Waals surface area contributed by atoms with Crippen LogP contribution in [-0.4, -0.2) is 19.2 Å². The van der Waals surface area contributed by atoms with Gasteiger partial charge in [0.05, 0.1) is 11.1 Å². The Morgan fingerprint density at radius 3 is 2.27 bits per heavy atom. The summed E-state index contributed by atoms with van der Waals surface area (Å²) in [6.07, 6.45) is 0. The fourth-order valence-corrected chi connectivity index (χ4v) is 2.36. The molecule has 0 spiro atoms. The molecule has 4 nitrogen and oxygen atoms in total. The molecule has 0 aliphatic heterocycles. The highest BCUT2D eigenvalue weighted by molar-refractivity contribution is 9.10.